The van der Waals surface area contributed by atoms with Crippen LogP contribution in [-0.2, 0) is 6.54 Å². The van der Waals surface area contributed by atoms with Crippen molar-refractivity contribution in [3.8, 4) is 5.75 Å². The molecule has 0 unspecified atom stereocenters. The highest BCUT2D eigenvalue weighted by Gasteiger charge is 2.06. The third-order valence-electron chi connectivity index (χ3n) is 2.11. The average molecular weight is 258 g/mol. The van der Waals surface area contributed by atoms with Crippen LogP contribution < -0.4 is 10.1 Å². The molecule has 0 aliphatic heterocycles. The molecule has 0 atom stereocenters. The van der Waals surface area contributed by atoms with Crippen LogP contribution in [0.25, 0.3) is 0 Å². The quantitative estimate of drug-likeness (QED) is 0.662. The van der Waals surface area contributed by atoms with Gasteiger partial charge in [-0.3, -0.25) is 0 Å². The number of aryl methyl sites for hydroxylation is 2. The van der Waals surface area contributed by atoms with Crippen molar-refractivity contribution in [2.75, 3.05) is 12.6 Å². The third kappa shape index (κ3) is 2.72. The van der Waals surface area contributed by atoms with Gasteiger partial charge in [-0.05, 0) is 19.4 Å². The Morgan fingerprint density at radius 1 is 1.36 bits per heavy atom. The summed E-state index contributed by atoms with van der Waals surface area (Å²) in [5, 5.41) is 3.23. The lowest BCUT2D eigenvalue weighted by Crippen LogP contribution is -2.11. The first-order chi connectivity index (χ1) is 6.69. The van der Waals surface area contributed by atoms with Crippen LogP contribution in [0.2, 0.25) is 0 Å². The van der Waals surface area contributed by atoms with E-state index in [1.165, 1.54) is 16.7 Å². The molecule has 0 fully saturated rings. The summed E-state index contributed by atoms with van der Waals surface area (Å²) in [5.41, 5.74) is 4.47. The highest BCUT2D eigenvalue weighted by atomic mass is 79.9. The Hall–Kier alpha value is -0.540. The van der Waals surface area contributed by atoms with Crippen molar-refractivity contribution < 1.29 is 4.74 Å². The molecule has 2 nitrogen and oxygen atoms in total. The second-order valence-corrected chi connectivity index (χ2v) is 3.90. The lowest BCUT2D eigenvalue weighted by Gasteiger charge is -2.12. The molecule has 1 N–H and O–H groups in total. The number of hydrogen-bond donors (Lipinski definition) is 1. The summed E-state index contributed by atoms with van der Waals surface area (Å²) in [6.07, 6.45) is 0. The van der Waals surface area contributed by atoms with Crippen molar-refractivity contribution in [3.05, 3.63) is 28.8 Å². The lowest BCUT2D eigenvalue weighted by molar-refractivity contribution is 0.405. The summed E-state index contributed by atoms with van der Waals surface area (Å²) in [4.78, 5) is 0. The van der Waals surface area contributed by atoms with E-state index in [4.69, 9.17) is 4.74 Å². The van der Waals surface area contributed by atoms with Crippen LogP contribution in [-0.4, -0.2) is 12.6 Å². The molecule has 1 aromatic rings. The maximum absolute atomic E-state index is 5.37. The highest BCUT2D eigenvalue weighted by Crippen LogP contribution is 2.24. The average Bonchev–Trinajstić information content (AvgIpc) is 2.14. The topological polar surface area (TPSA) is 21.3 Å². The Balaban J connectivity index is 2.99. The first kappa shape index (κ1) is 11.5. The molecule has 0 radical (unpaired) electrons. The van der Waals surface area contributed by atoms with Gasteiger partial charge in [0, 0.05) is 12.1 Å². The standard InChI is InChI=1S/C11H16BrNO/c1-8-4-9(2)11(14-3)10(5-8)6-13-7-12/h4-5,13H,6-7H2,1-3H3. The number of rotatable bonds is 4. The van der Waals surface area contributed by atoms with Gasteiger partial charge in [-0.15, -0.1) is 0 Å². The number of halogens is 1. The molecule has 1 aromatic carbocycles. The van der Waals surface area contributed by atoms with E-state index in [2.05, 4.69) is 47.2 Å². The fourth-order valence-corrected chi connectivity index (χ4v) is 1.85. The molecule has 14 heavy (non-hydrogen) atoms. The predicted molar refractivity (Wildman–Crippen MR) is 63.1 cm³/mol. The van der Waals surface area contributed by atoms with Crippen molar-refractivity contribution in [1.29, 1.82) is 0 Å². The van der Waals surface area contributed by atoms with Gasteiger partial charge < -0.3 is 10.1 Å². The van der Waals surface area contributed by atoms with Crippen LogP contribution >= 0.6 is 15.9 Å². The first-order valence-electron chi connectivity index (χ1n) is 4.59. The fourth-order valence-electron chi connectivity index (χ4n) is 1.65. The van der Waals surface area contributed by atoms with Gasteiger partial charge in [0.1, 0.15) is 5.75 Å². The lowest BCUT2D eigenvalue weighted by atomic mass is 10.1. The Kier molecular flexibility index (Phi) is 4.42. The van der Waals surface area contributed by atoms with Gasteiger partial charge in [0.2, 0.25) is 0 Å². The monoisotopic (exact) mass is 257 g/mol. The Morgan fingerprint density at radius 3 is 2.64 bits per heavy atom. The highest BCUT2D eigenvalue weighted by molar-refractivity contribution is 9.09. The zero-order chi connectivity index (χ0) is 10.6. The fraction of sp³-hybridized carbons (Fsp3) is 0.455. The number of benzene rings is 1. The summed E-state index contributed by atoms with van der Waals surface area (Å²) < 4.78 is 5.37. The third-order valence-corrected chi connectivity index (χ3v) is 2.51. The summed E-state index contributed by atoms with van der Waals surface area (Å²) in [6.45, 7) is 5.00. The van der Waals surface area contributed by atoms with Gasteiger partial charge in [-0.2, -0.15) is 0 Å². The molecule has 0 spiro atoms. The molecule has 78 valence electrons. The number of methoxy groups -OCH3 is 1. The summed E-state index contributed by atoms with van der Waals surface area (Å²) in [6, 6.07) is 4.29. The van der Waals surface area contributed by atoms with Gasteiger partial charge >= 0.3 is 0 Å². The molecular weight excluding hydrogens is 242 g/mol. The Bertz CT molecular complexity index is 312. The molecule has 0 aliphatic carbocycles. The zero-order valence-electron chi connectivity index (χ0n) is 8.86. The molecule has 3 heteroatoms. The minimum Gasteiger partial charge on any atom is -0.496 e. The molecule has 0 heterocycles. The van der Waals surface area contributed by atoms with E-state index < -0.39 is 0 Å². The van der Waals surface area contributed by atoms with Crippen molar-refractivity contribution in [2.24, 2.45) is 0 Å². The largest absolute Gasteiger partial charge is 0.496 e. The molecule has 0 saturated heterocycles. The van der Waals surface area contributed by atoms with Gasteiger partial charge in [-0.1, -0.05) is 33.6 Å². The number of hydrogen-bond acceptors (Lipinski definition) is 2. The number of nitrogens with one attached hydrogen (secondary N) is 1. The van der Waals surface area contributed by atoms with Crippen LogP contribution in [0.5, 0.6) is 5.75 Å². The Morgan fingerprint density at radius 2 is 2.07 bits per heavy atom. The van der Waals surface area contributed by atoms with E-state index >= 15 is 0 Å². The van der Waals surface area contributed by atoms with Crippen LogP contribution in [0, 0.1) is 13.8 Å². The molecule has 0 saturated carbocycles. The summed E-state index contributed by atoms with van der Waals surface area (Å²) in [7, 11) is 1.72. The van der Waals surface area contributed by atoms with Crippen molar-refractivity contribution in [2.45, 2.75) is 20.4 Å². The van der Waals surface area contributed by atoms with Crippen molar-refractivity contribution >= 4 is 15.9 Å². The summed E-state index contributed by atoms with van der Waals surface area (Å²) >= 11 is 3.34. The summed E-state index contributed by atoms with van der Waals surface area (Å²) in [5.74, 6) is 0.990. The van der Waals surface area contributed by atoms with Crippen LogP contribution in [0.1, 0.15) is 16.7 Å². The van der Waals surface area contributed by atoms with Crippen LogP contribution in [0.4, 0.5) is 0 Å². The van der Waals surface area contributed by atoms with E-state index in [9.17, 15) is 0 Å². The molecular formula is C11H16BrNO. The SMILES string of the molecule is COc1c(C)cc(C)cc1CNCBr. The van der Waals surface area contributed by atoms with E-state index in [0.29, 0.717) is 0 Å². The predicted octanol–water partition coefficient (Wildman–Crippen LogP) is 2.75. The Labute approximate surface area is 93.8 Å². The second-order valence-electron chi connectivity index (χ2n) is 3.33. The van der Waals surface area contributed by atoms with Crippen LogP contribution in [0.3, 0.4) is 0 Å². The normalized spacial score (nSPS) is 10.3. The van der Waals surface area contributed by atoms with Gasteiger partial charge in [-0.25, -0.2) is 0 Å². The first-order valence-corrected chi connectivity index (χ1v) is 5.72. The minimum absolute atomic E-state index is 0.795. The number of alkyl halides is 1. The van der Waals surface area contributed by atoms with E-state index in [0.717, 1.165) is 17.7 Å². The molecule has 0 bridgehead atoms. The van der Waals surface area contributed by atoms with Gasteiger partial charge in [0.25, 0.3) is 0 Å². The maximum atomic E-state index is 5.37. The second kappa shape index (κ2) is 5.37. The molecule has 0 aromatic heterocycles. The molecule has 1 rings (SSSR count). The zero-order valence-corrected chi connectivity index (χ0v) is 10.4. The van der Waals surface area contributed by atoms with Gasteiger partial charge in [0.15, 0.2) is 0 Å². The van der Waals surface area contributed by atoms with Gasteiger partial charge in [0.05, 0.1) is 12.6 Å². The van der Waals surface area contributed by atoms with E-state index in [1.807, 2.05) is 0 Å². The van der Waals surface area contributed by atoms with E-state index in [-0.39, 0.29) is 0 Å². The molecule has 0 amide bonds. The van der Waals surface area contributed by atoms with E-state index in [1.54, 1.807) is 7.11 Å². The van der Waals surface area contributed by atoms with Crippen LogP contribution in [0.15, 0.2) is 12.1 Å². The number of ether oxygens (including phenoxy) is 1. The minimum atomic E-state index is 0.795. The van der Waals surface area contributed by atoms with Crippen molar-refractivity contribution in [3.63, 3.8) is 0 Å². The van der Waals surface area contributed by atoms with Crippen molar-refractivity contribution in [1.82, 2.24) is 5.32 Å². The smallest absolute Gasteiger partial charge is 0.126 e. The molecule has 0 aliphatic rings. The maximum Gasteiger partial charge on any atom is 0.126 e.